The first-order valence-electron chi connectivity index (χ1n) is 10.5. The Balaban J connectivity index is 1.52. The third-order valence-electron chi connectivity index (χ3n) is 5.58. The molecule has 32 heavy (non-hydrogen) atoms. The fourth-order valence-corrected chi connectivity index (χ4v) is 3.88. The first-order valence-corrected chi connectivity index (χ1v) is 10.5. The highest BCUT2D eigenvalue weighted by atomic mass is 16.1. The molecular formula is C25H25N5O2. The van der Waals surface area contributed by atoms with Gasteiger partial charge in [-0.1, -0.05) is 18.1 Å². The summed E-state index contributed by atoms with van der Waals surface area (Å²) in [5, 5.41) is 2.58. The second-order valence-electron chi connectivity index (χ2n) is 7.79. The van der Waals surface area contributed by atoms with Gasteiger partial charge >= 0.3 is 0 Å². The fraction of sp³-hybridized carbons (Fsp3) is 0.280. The lowest BCUT2D eigenvalue weighted by atomic mass is 10.00. The van der Waals surface area contributed by atoms with Crippen LogP contribution < -0.4 is 10.9 Å². The molecule has 0 saturated carbocycles. The summed E-state index contributed by atoms with van der Waals surface area (Å²) in [4.78, 5) is 37.7. The van der Waals surface area contributed by atoms with Crippen molar-refractivity contribution in [3.63, 3.8) is 0 Å². The maximum absolute atomic E-state index is 12.1. The van der Waals surface area contributed by atoms with E-state index < -0.39 is 0 Å². The van der Waals surface area contributed by atoms with Crippen molar-refractivity contribution < 1.29 is 4.79 Å². The third-order valence-corrected chi connectivity index (χ3v) is 5.58. The summed E-state index contributed by atoms with van der Waals surface area (Å²) >= 11 is 0. The number of aromatic nitrogens is 3. The van der Waals surface area contributed by atoms with Crippen LogP contribution in [-0.2, 0) is 6.54 Å². The average Bonchev–Trinajstić information content (AvgIpc) is 2.81. The van der Waals surface area contributed by atoms with E-state index in [1.807, 2.05) is 12.1 Å². The second-order valence-corrected chi connectivity index (χ2v) is 7.79. The van der Waals surface area contributed by atoms with Crippen molar-refractivity contribution >= 4 is 22.5 Å². The van der Waals surface area contributed by atoms with E-state index >= 15 is 0 Å². The molecule has 1 aromatic carbocycles. The van der Waals surface area contributed by atoms with E-state index in [1.54, 1.807) is 33.2 Å². The first-order chi connectivity index (χ1) is 15.5. The number of pyridine rings is 1. The molecule has 2 N–H and O–H groups in total. The highest BCUT2D eigenvalue weighted by Crippen LogP contribution is 2.24. The minimum atomic E-state index is -0.186. The number of aromatic amines is 1. The number of benzene rings is 1. The summed E-state index contributed by atoms with van der Waals surface area (Å²) in [7, 11) is 1.60. The number of nitrogens with one attached hydrogen (secondary N) is 2. The Morgan fingerprint density at radius 3 is 2.81 bits per heavy atom. The number of carbonyl (C=O) groups excluding carboxylic acids is 1. The normalized spacial score (nSPS) is 13.9. The fourth-order valence-electron chi connectivity index (χ4n) is 3.88. The monoisotopic (exact) mass is 427 g/mol. The maximum atomic E-state index is 12.1. The summed E-state index contributed by atoms with van der Waals surface area (Å²) in [6, 6.07) is 7.75. The van der Waals surface area contributed by atoms with Crippen LogP contribution in [0.1, 0.15) is 46.2 Å². The lowest BCUT2D eigenvalue weighted by Crippen LogP contribution is -2.28. The van der Waals surface area contributed by atoms with Gasteiger partial charge in [-0.25, -0.2) is 4.98 Å². The molecule has 1 amide bonds. The quantitative estimate of drug-likeness (QED) is 0.625. The van der Waals surface area contributed by atoms with Crippen LogP contribution in [0, 0.1) is 18.8 Å². The Morgan fingerprint density at radius 2 is 2.16 bits per heavy atom. The summed E-state index contributed by atoms with van der Waals surface area (Å²) in [5.74, 6) is 5.88. The van der Waals surface area contributed by atoms with Crippen molar-refractivity contribution in [3.8, 4) is 11.8 Å². The molecule has 0 aliphatic carbocycles. The summed E-state index contributed by atoms with van der Waals surface area (Å²) < 4.78 is 0. The number of hydrogen-bond acceptors (Lipinski definition) is 5. The van der Waals surface area contributed by atoms with Crippen molar-refractivity contribution in [3.05, 3.63) is 75.0 Å². The van der Waals surface area contributed by atoms with Gasteiger partial charge in [0.1, 0.15) is 16.9 Å². The number of aryl methyl sites for hydroxylation is 1. The number of nitrogens with zero attached hydrogens (tertiary/aromatic N) is 3. The van der Waals surface area contributed by atoms with Gasteiger partial charge in [-0.05, 0) is 55.2 Å². The second kappa shape index (κ2) is 9.16. The third kappa shape index (κ3) is 4.46. The van der Waals surface area contributed by atoms with Crippen LogP contribution in [-0.4, -0.2) is 45.9 Å². The number of H-pyrrole nitrogens is 1. The molecule has 1 aliphatic rings. The van der Waals surface area contributed by atoms with Crippen molar-refractivity contribution in [2.24, 2.45) is 0 Å². The molecule has 0 atom stereocenters. The molecule has 7 nitrogen and oxygen atoms in total. The van der Waals surface area contributed by atoms with E-state index in [0.29, 0.717) is 16.9 Å². The van der Waals surface area contributed by atoms with Crippen molar-refractivity contribution in [1.82, 2.24) is 25.2 Å². The molecule has 0 unspecified atom stereocenters. The molecule has 7 heteroatoms. The molecule has 3 heterocycles. The molecule has 1 aliphatic heterocycles. The van der Waals surface area contributed by atoms with Gasteiger partial charge in [0.15, 0.2) is 0 Å². The van der Waals surface area contributed by atoms with E-state index in [1.165, 1.54) is 5.57 Å². The number of rotatable bonds is 4. The van der Waals surface area contributed by atoms with Gasteiger partial charge in [-0.3, -0.25) is 19.5 Å². The van der Waals surface area contributed by atoms with E-state index in [9.17, 15) is 9.59 Å². The van der Waals surface area contributed by atoms with Gasteiger partial charge in [0, 0.05) is 32.9 Å². The molecule has 2 aromatic heterocycles. The standard InChI is InChI=1S/C25H25N5O2/c1-4-5-19-12-17(13-22-23(19)28-16(2)24(31)29-22)15-30-10-8-18(9-11-30)20-6-7-21(27-14-20)25(32)26-3/h6-8,12-14H,9-11,15H2,1-3H3,(H,26,32)(H,29,31). The van der Waals surface area contributed by atoms with Gasteiger partial charge in [0.2, 0.25) is 0 Å². The van der Waals surface area contributed by atoms with E-state index in [2.05, 4.69) is 49.2 Å². The lowest BCUT2D eigenvalue weighted by molar-refractivity contribution is 0.0958. The molecule has 3 aromatic rings. The molecule has 0 fully saturated rings. The molecule has 0 saturated heterocycles. The lowest BCUT2D eigenvalue weighted by Gasteiger charge is -2.26. The van der Waals surface area contributed by atoms with Crippen LogP contribution in [0.2, 0.25) is 0 Å². The smallest absolute Gasteiger partial charge is 0.269 e. The minimum Gasteiger partial charge on any atom is -0.354 e. The zero-order valence-corrected chi connectivity index (χ0v) is 18.5. The van der Waals surface area contributed by atoms with Crippen LogP contribution in [0.15, 0.2) is 41.3 Å². The van der Waals surface area contributed by atoms with Gasteiger partial charge in [-0.2, -0.15) is 0 Å². The van der Waals surface area contributed by atoms with Gasteiger partial charge < -0.3 is 10.3 Å². The van der Waals surface area contributed by atoms with Crippen LogP contribution in [0.5, 0.6) is 0 Å². The largest absolute Gasteiger partial charge is 0.354 e. The molecule has 4 rings (SSSR count). The molecule has 0 bridgehead atoms. The average molecular weight is 428 g/mol. The van der Waals surface area contributed by atoms with E-state index in [4.69, 9.17) is 0 Å². The summed E-state index contributed by atoms with van der Waals surface area (Å²) in [6.07, 6.45) is 4.87. The molecule has 162 valence electrons. The van der Waals surface area contributed by atoms with Crippen molar-refractivity contribution in [2.75, 3.05) is 20.1 Å². The van der Waals surface area contributed by atoms with Crippen molar-refractivity contribution in [1.29, 1.82) is 0 Å². The van der Waals surface area contributed by atoms with Crippen LogP contribution in [0.25, 0.3) is 16.6 Å². The first kappa shape index (κ1) is 21.5. The summed E-state index contributed by atoms with van der Waals surface area (Å²) in [6.45, 7) is 5.96. The van der Waals surface area contributed by atoms with Crippen LogP contribution in [0.3, 0.4) is 0 Å². The van der Waals surface area contributed by atoms with Gasteiger partial charge in [0.25, 0.3) is 11.5 Å². The van der Waals surface area contributed by atoms with Crippen molar-refractivity contribution in [2.45, 2.75) is 26.8 Å². The molecular weight excluding hydrogens is 402 g/mol. The zero-order chi connectivity index (χ0) is 22.7. The molecule has 0 radical (unpaired) electrons. The number of fused-ring (bicyclic) bond motifs is 1. The van der Waals surface area contributed by atoms with Gasteiger partial charge in [0.05, 0.1) is 11.1 Å². The highest BCUT2D eigenvalue weighted by Gasteiger charge is 2.16. The molecule has 0 spiro atoms. The van der Waals surface area contributed by atoms with Crippen LogP contribution >= 0.6 is 0 Å². The van der Waals surface area contributed by atoms with Crippen LogP contribution in [0.4, 0.5) is 0 Å². The topological polar surface area (TPSA) is 91.0 Å². The predicted octanol–water partition coefficient (Wildman–Crippen LogP) is 2.65. The number of hydrogen-bond donors (Lipinski definition) is 2. The number of carbonyl (C=O) groups is 1. The highest BCUT2D eigenvalue weighted by molar-refractivity contribution is 5.92. The zero-order valence-electron chi connectivity index (χ0n) is 18.5. The van der Waals surface area contributed by atoms with E-state index in [-0.39, 0.29) is 11.5 Å². The Bertz CT molecular complexity index is 1330. The maximum Gasteiger partial charge on any atom is 0.269 e. The Hall–Kier alpha value is -3.76. The number of amides is 1. The Kier molecular flexibility index (Phi) is 6.15. The van der Waals surface area contributed by atoms with E-state index in [0.717, 1.165) is 48.3 Å². The predicted molar refractivity (Wildman–Crippen MR) is 125 cm³/mol. The Morgan fingerprint density at radius 1 is 1.31 bits per heavy atom. The SMILES string of the molecule is CC#Cc1cc(CN2CC=C(c3ccc(C(=O)NC)nc3)CC2)cc2[nH]c(=O)c(C)nc12. The Labute approximate surface area is 186 Å². The van der Waals surface area contributed by atoms with Gasteiger partial charge in [-0.15, -0.1) is 5.92 Å². The minimum absolute atomic E-state index is 0.174. The summed E-state index contributed by atoms with van der Waals surface area (Å²) in [5.41, 5.74) is 6.32.